The molecule has 0 aliphatic carbocycles. The molecule has 1 aliphatic rings. The molecule has 39 heavy (non-hydrogen) atoms. The summed E-state index contributed by atoms with van der Waals surface area (Å²) in [7, 11) is -0.441. The van der Waals surface area contributed by atoms with Gasteiger partial charge in [0, 0.05) is 26.2 Å². The van der Waals surface area contributed by atoms with Gasteiger partial charge in [0.1, 0.15) is 18.5 Å². The number of likely N-dealkylation sites (N-methyl/N-ethyl adjacent to an activating group) is 1. The maximum Gasteiger partial charge on any atom is 0.407 e. The number of hydrogen-bond acceptors (Lipinski definition) is 8. The van der Waals surface area contributed by atoms with E-state index in [1.165, 1.54) is 23.5 Å². The third kappa shape index (κ3) is 9.47. The number of alkyl carbamates (subject to hydrolysis) is 1. The number of benzene rings is 2. The van der Waals surface area contributed by atoms with Gasteiger partial charge >= 0.3 is 6.09 Å². The molecule has 1 heterocycles. The number of hydrogen-bond donors (Lipinski definition) is 2. The highest BCUT2D eigenvalue weighted by atomic mass is 32.2. The summed E-state index contributed by atoms with van der Waals surface area (Å²) in [5, 5.41) is 14.1. The Kier molecular flexibility index (Phi) is 11.6. The van der Waals surface area contributed by atoms with Crippen LogP contribution < -0.4 is 10.1 Å². The van der Waals surface area contributed by atoms with Gasteiger partial charge in [-0.2, -0.15) is 4.31 Å². The Labute approximate surface area is 231 Å². The van der Waals surface area contributed by atoms with Crippen molar-refractivity contribution < 1.29 is 32.5 Å². The van der Waals surface area contributed by atoms with Gasteiger partial charge in [-0.15, -0.1) is 0 Å². The fraction of sp³-hybridized carbons (Fsp3) is 0.536. The van der Waals surface area contributed by atoms with Gasteiger partial charge in [0.15, 0.2) is 0 Å². The summed E-state index contributed by atoms with van der Waals surface area (Å²) >= 11 is 0. The van der Waals surface area contributed by atoms with E-state index in [1.807, 2.05) is 51.2 Å². The SMILES string of the molecule is COc1ccc(S(=O)(=O)N(CC(C)C)C[C@@H](O)[C@H](Cc2ccccc2)NC(=O)OC[C@H]2CN(C)CCO2)cc1. The molecule has 0 aromatic heterocycles. The van der Waals surface area contributed by atoms with E-state index in [9.17, 15) is 18.3 Å². The molecule has 3 atom stereocenters. The molecular weight excluding hydrogens is 522 g/mol. The van der Waals surface area contributed by atoms with Gasteiger partial charge in [-0.05, 0) is 49.2 Å². The fourth-order valence-electron chi connectivity index (χ4n) is 4.39. The lowest BCUT2D eigenvalue weighted by Crippen LogP contribution is -2.51. The second-order valence-electron chi connectivity index (χ2n) is 10.3. The molecule has 0 unspecified atom stereocenters. The van der Waals surface area contributed by atoms with Crippen LogP contribution in [0.15, 0.2) is 59.5 Å². The molecule has 1 amide bonds. The Morgan fingerprint density at radius 2 is 1.85 bits per heavy atom. The Morgan fingerprint density at radius 1 is 1.15 bits per heavy atom. The predicted molar refractivity (Wildman–Crippen MR) is 148 cm³/mol. The molecule has 2 N–H and O–H groups in total. The van der Waals surface area contributed by atoms with Crippen LogP contribution in [0.3, 0.4) is 0 Å². The van der Waals surface area contributed by atoms with Gasteiger partial charge in [0.2, 0.25) is 10.0 Å². The summed E-state index contributed by atoms with van der Waals surface area (Å²) in [5.41, 5.74) is 0.882. The van der Waals surface area contributed by atoms with Crippen molar-refractivity contribution in [2.75, 3.05) is 53.6 Å². The van der Waals surface area contributed by atoms with E-state index < -0.39 is 28.3 Å². The van der Waals surface area contributed by atoms with Crippen LogP contribution in [0.5, 0.6) is 5.75 Å². The van der Waals surface area contributed by atoms with E-state index in [2.05, 4.69) is 10.2 Å². The molecule has 2 aromatic rings. The van der Waals surface area contributed by atoms with Crippen molar-refractivity contribution in [2.45, 2.75) is 43.4 Å². The summed E-state index contributed by atoms with van der Waals surface area (Å²) in [5.74, 6) is 0.546. The number of morpholine rings is 1. The van der Waals surface area contributed by atoms with Gasteiger partial charge in [0.05, 0.1) is 30.8 Å². The van der Waals surface area contributed by atoms with Crippen LogP contribution in [0.1, 0.15) is 19.4 Å². The lowest BCUT2D eigenvalue weighted by atomic mass is 10.0. The molecule has 0 radical (unpaired) electrons. The Bertz CT molecular complexity index is 1130. The first-order valence-electron chi connectivity index (χ1n) is 13.2. The molecule has 0 spiro atoms. The second-order valence-corrected chi connectivity index (χ2v) is 12.2. The normalized spacial score (nSPS) is 18.1. The van der Waals surface area contributed by atoms with Crippen LogP contribution >= 0.6 is 0 Å². The van der Waals surface area contributed by atoms with E-state index in [4.69, 9.17) is 14.2 Å². The number of sulfonamides is 1. The molecule has 1 saturated heterocycles. The zero-order chi connectivity index (χ0) is 28.4. The van der Waals surface area contributed by atoms with E-state index in [0.29, 0.717) is 18.9 Å². The van der Waals surface area contributed by atoms with Crippen molar-refractivity contribution in [3.63, 3.8) is 0 Å². The highest BCUT2D eigenvalue weighted by molar-refractivity contribution is 7.89. The van der Waals surface area contributed by atoms with Gasteiger partial charge in [-0.25, -0.2) is 13.2 Å². The summed E-state index contributed by atoms with van der Waals surface area (Å²) in [6.07, 6.45) is -1.84. The van der Waals surface area contributed by atoms with Crippen LogP contribution in [0.2, 0.25) is 0 Å². The average Bonchev–Trinajstić information content (AvgIpc) is 2.91. The van der Waals surface area contributed by atoms with Crippen molar-refractivity contribution in [1.82, 2.24) is 14.5 Å². The molecule has 3 rings (SSSR count). The minimum Gasteiger partial charge on any atom is -0.497 e. The third-order valence-corrected chi connectivity index (χ3v) is 8.31. The molecular formula is C28H41N3O7S. The summed E-state index contributed by atoms with van der Waals surface area (Å²) in [4.78, 5) is 15.0. The standard InChI is InChI=1S/C28H41N3O7S/c1-21(2)17-31(39(34,35)25-12-10-23(36-4)11-13-25)19-27(32)26(16-22-8-6-5-7-9-22)29-28(33)38-20-24-18-30(3)14-15-37-24/h5-13,21,24,26-27,32H,14-20H2,1-4H3,(H,29,33)/t24-,26+,27-/m1/s1. The summed E-state index contributed by atoms with van der Waals surface area (Å²) in [6.45, 7) is 5.92. The van der Waals surface area contributed by atoms with Crippen LogP contribution in [-0.2, 0) is 25.9 Å². The van der Waals surface area contributed by atoms with E-state index >= 15 is 0 Å². The molecule has 11 heteroatoms. The number of nitrogens with zero attached hydrogens (tertiary/aromatic N) is 2. The average molecular weight is 564 g/mol. The molecule has 1 aliphatic heterocycles. The van der Waals surface area contributed by atoms with Gasteiger partial charge in [-0.1, -0.05) is 44.2 Å². The first kappa shape index (κ1) is 30.8. The second kappa shape index (κ2) is 14.6. The Hall–Kier alpha value is -2.70. The number of ether oxygens (including phenoxy) is 3. The lowest BCUT2D eigenvalue weighted by molar-refractivity contribution is -0.0492. The first-order valence-corrected chi connectivity index (χ1v) is 14.6. The topological polar surface area (TPSA) is 118 Å². The van der Waals surface area contributed by atoms with Crippen LogP contribution in [0, 0.1) is 5.92 Å². The minimum atomic E-state index is -3.93. The summed E-state index contributed by atoms with van der Waals surface area (Å²) in [6, 6.07) is 14.7. The predicted octanol–water partition coefficient (Wildman–Crippen LogP) is 2.37. The monoisotopic (exact) mass is 563 g/mol. The van der Waals surface area contributed by atoms with Crippen molar-refractivity contribution in [3.8, 4) is 5.75 Å². The molecule has 2 aromatic carbocycles. The first-order chi connectivity index (χ1) is 18.6. The number of aliphatic hydroxyl groups excluding tert-OH is 1. The third-order valence-electron chi connectivity index (χ3n) is 6.47. The van der Waals surface area contributed by atoms with Gasteiger partial charge < -0.3 is 29.5 Å². The quantitative estimate of drug-likeness (QED) is 0.382. The highest BCUT2D eigenvalue weighted by Gasteiger charge is 2.32. The summed E-state index contributed by atoms with van der Waals surface area (Å²) < 4.78 is 44.6. The Balaban J connectivity index is 1.75. The number of rotatable bonds is 13. The van der Waals surface area contributed by atoms with Crippen LogP contribution in [0.25, 0.3) is 0 Å². The van der Waals surface area contributed by atoms with Gasteiger partial charge in [0.25, 0.3) is 0 Å². The number of carbonyl (C=O) groups is 1. The lowest BCUT2D eigenvalue weighted by Gasteiger charge is -2.31. The minimum absolute atomic E-state index is 0.00402. The molecule has 1 fully saturated rings. The van der Waals surface area contributed by atoms with Crippen molar-refractivity contribution in [3.05, 3.63) is 60.2 Å². The fourth-order valence-corrected chi connectivity index (χ4v) is 6.01. The molecule has 216 valence electrons. The number of nitrogens with one attached hydrogen (secondary N) is 1. The number of carbonyl (C=O) groups excluding carboxylic acids is 1. The van der Waals surface area contributed by atoms with Crippen molar-refractivity contribution in [2.24, 2.45) is 5.92 Å². The maximum atomic E-state index is 13.6. The highest BCUT2D eigenvalue weighted by Crippen LogP contribution is 2.22. The molecule has 10 nitrogen and oxygen atoms in total. The number of methoxy groups -OCH3 is 1. The zero-order valence-corrected chi connectivity index (χ0v) is 24.0. The molecule has 0 saturated carbocycles. The molecule has 0 bridgehead atoms. The maximum absolute atomic E-state index is 13.6. The van der Waals surface area contributed by atoms with E-state index in [0.717, 1.165) is 12.1 Å². The van der Waals surface area contributed by atoms with E-state index in [-0.39, 0.29) is 43.0 Å². The Morgan fingerprint density at radius 3 is 2.46 bits per heavy atom. The van der Waals surface area contributed by atoms with E-state index in [1.54, 1.807) is 12.1 Å². The van der Waals surface area contributed by atoms with Crippen molar-refractivity contribution in [1.29, 1.82) is 0 Å². The van der Waals surface area contributed by atoms with Crippen molar-refractivity contribution >= 4 is 16.1 Å². The van der Waals surface area contributed by atoms with Crippen LogP contribution in [0.4, 0.5) is 4.79 Å². The number of amides is 1. The largest absolute Gasteiger partial charge is 0.497 e. The van der Waals surface area contributed by atoms with Crippen LogP contribution in [-0.4, -0.2) is 101 Å². The zero-order valence-electron chi connectivity index (χ0n) is 23.2. The number of aliphatic hydroxyl groups is 1. The smallest absolute Gasteiger partial charge is 0.407 e. The van der Waals surface area contributed by atoms with Gasteiger partial charge in [-0.3, -0.25) is 0 Å².